The fourth-order valence-electron chi connectivity index (χ4n) is 2.00. The lowest BCUT2D eigenvalue weighted by Gasteiger charge is -2.10. The fraction of sp³-hybridized carbons (Fsp3) is 0.533. The molecule has 0 aliphatic heterocycles. The van der Waals surface area contributed by atoms with E-state index in [4.69, 9.17) is 4.52 Å². The molecule has 0 radical (unpaired) electrons. The first-order valence-electron chi connectivity index (χ1n) is 7.17. The van der Waals surface area contributed by atoms with Gasteiger partial charge in [-0.2, -0.15) is 4.98 Å². The van der Waals surface area contributed by atoms with Crippen LogP contribution < -0.4 is 5.32 Å². The molecular formula is C15H22N4O. The zero-order valence-electron chi connectivity index (χ0n) is 12.4. The van der Waals surface area contributed by atoms with Gasteiger partial charge in [-0.3, -0.25) is 4.98 Å². The molecule has 0 amide bonds. The summed E-state index contributed by atoms with van der Waals surface area (Å²) in [4.78, 5) is 8.56. The maximum absolute atomic E-state index is 5.31. The molecule has 0 fully saturated rings. The van der Waals surface area contributed by atoms with Crippen molar-refractivity contribution in [1.82, 2.24) is 20.4 Å². The predicted octanol–water partition coefficient (Wildman–Crippen LogP) is 2.76. The van der Waals surface area contributed by atoms with Crippen LogP contribution in [0.1, 0.15) is 38.1 Å². The molecule has 2 aromatic heterocycles. The van der Waals surface area contributed by atoms with Crippen molar-refractivity contribution in [3.63, 3.8) is 0 Å². The van der Waals surface area contributed by atoms with E-state index in [0.717, 1.165) is 36.9 Å². The fourth-order valence-corrected chi connectivity index (χ4v) is 2.00. The van der Waals surface area contributed by atoms with Crippen molar-refractivity contribution < 1.29 is 4.52 Å². The number of rotatable bonds is 7. The van der Waals surface area contributed by atoms with Crippen LogP contribution in [0.5, 0.6) is 0 Å². The average Bonchev–Trinajstić information content (AvgIpc) is 2.92. The highest BCUT2D eigenvalue weighted by Crippen LogP contribution is 2.19. The zero-order valence-corrected chi connectivity index (χ0v) is 12.4. The SMILES string of the molecule is CCCNC(C)CCc1nc(-c2cnccc2C)no1. The number of hydrogen-bond donors (Lipinski definition) is 1. The van der Waals surface area contributed by atoms with Gasteiger partial charge in [-0.25, -0.2) is 0 Å². The molecular weight excluding hydrogens is 252 g/mol. The monoisotopic (exact) mass is 274 g/mol. The molecule has 20 heavy (non-hydrogen) atoms. The Bertz CT molecular complexity index is 538. The van der Waals surface area contributed by atoms with E-state index in [0.29, 0.717) is 17.8 Å². The third kappa shape index (κ3) is 3.87. The van der Waals surface area contributed by atoms with Gasteiger partial charge in [0, 0.05) is 30.4 Å². The molecule has 1 unspecified atom stereocenters. The number of aryl methyl sites for hydroxylation is 2. The molecule has 0 bridgehead atoms. The van der Waals surface area contributed by atoms with Crippen LogP contribution in [0.15, 0.2) is 23.0 Å². The van der Waals surface area contributed by atoms with E-state index < -0.39 is 0 Å². The van der Waals surface area contributed by atoms with E-state index in [9.17, 15) is 0 Å². The van der Waals surface area contributed by atoms with Crippen molar-refractivity contribution in [3.05, 3.63) is 29.9 Å². The Kier molecular flexibility index (Phi) is 5.24. The van der Waals surface area contributed by atoms with Gasteiger partial charge in [-0.05, 0) is 44.9 Å². The molecule has 2 aromatic rings. The Morgan fingerprint density at radius 3 is 3.00 bits per heavy atom. The first-order chi connectivity index (χ1) is 9.70. The molecule has 108 valence electrons. The third-order valence-corrected chi connectivity index (χ3v) is 3.28. The topological polar surface area (TPSA) is 63.8 Å². The summed E-state index contributed by atoms with van der Waals surface area (Å²) in [6, 6.07) is 2.41. The van der Waals surface area contributed by atoms with Gasteiger partial charge in [0.1, 0.15) is 0 Å². The summed E-state index contributed by atoms with van der Waals surface area (Å²) < 4.78 is 5.31. The van der Waals surface area contributed by atoms with Crippen molar-refractivity contribution in [2.45, 2.75) is 46.1 Å². The molecule has 0 aromatic carbocycles. The van der Waals surface area contributed by atoms with Crippen LogP contribution in [0.25, 0.3) is 11.4 Å². The molecule has 1 N–H and O–H groups in total. The maximum atomic E-state index is 5.31. The number of nitrogens with one attached hydrogen (secondary N) is 1. The normalized spacial score (nSPS) is 12.6. The van der Waals surface area contributed by atoms with Crippen molar-refractivity contribution in [2.75, 3.05) is 6.54 Å². The molecule has 5 heteroatoms. The summed E-state index contributed by atoms with van der Waals surface area (Å²) in [5, 5.41) is 7.49. The second-order valence-electron chi connectivity index (χ2n) is 5.10. The maximum Gasteiger partial charge on any atom is 0.227 e. The molecule has 2 rings (SSSR count). The average molecular weight is 274 g/mol. The van der Waals surface area contributed by atoms with Gasteiger partial charge >= 0.3 is 0 Å². The summed E-state index contributed by atoms with van der Waals surface area (Å²) in [5.41, 5.74) is 2.03. The minimum atomic E-state index is 0.463. The van der Waals surface area contributed by atoms with E-state index in [1.807, 2.05) is 13.0 Å². The molecule has 0 saturated carbocycles. The number of pyridine rings is 1. The van der Waals surface area contributed by atoms with Crippen molar-refractivity contribution in [1.29, 1.82) is 0 Å². The van der Waals surface area contributed by atoms with E-state index in [1.165, 1.54) is 0 Å². The van der Waals surface area contributed by atoms with Crippen molar-refractivity contribution in [3.8, 4) is 11.4 Å². The molecule has 0 saturated heterocycles. The second-order valence-corrected chi connectivity index (χ2v) is 5.10. The first kappa shape index (κ1) is 14.7. The Morgan fingerprint density at radius 1 is 1.40 bits per heavy atom. The Hall–Kier alpha value is -1.75. The lowest BCUT2D eigenvalue weighted by Crippen LogP contribution is -2.27. The summed E-state index contributed by atoms with van der Waals surface area (Å²) in [7, 11) is 0. The van der Waals surface area contributed by atoms with Crippen LogP contribution in [-0.2, 0) is 6.42 Å². The highest BCUT2D eigenvalue weighted by atomic mass is 16.5. The van der Waals surface area contributed by atoms with E-state index in [2.05, 4.69) is 34.3 Å². The molecule has 1 atom stereocenters. The van der Waals surface area contributed by atoms with Crippen LogP contribution >= 0.6 is 0 Å². The number of aromatic nitrogens is 3. The van der Waals surface area contributed by atoms with Gasteiger partial charge in [-0.15, -0.1) is 0 Å². The summed E-state index contributed by atoms with van der Waals surface area (Å²) in [6.45, 7) is 7.41. The van der Waals surface area contributed by atoms with E-state index in [-0.39, 0.29) is 0 Å². The van der Waals surface area contributed by atoms with Gasteiger partial charge in [0.05, 0.1) is 0 Å². The molecule has 2 heterocycles. The standard InChI is InChI=1S/C15H22N4O/c1-4-8-17-12(3)5-6-14-18-15(19-20-14)13-10-16-9-7-11(13)2/h7,9-10,12,17H,4-6,8H2,1-3H3. The highest BCUT2D eigenvalue weighted by Gasteiger charge is 2.11. The summed E-state index contributed by atoms with van der Waals surface area (Å²) >= 11 is 0. The van der Waals surface area contributed by atoms with Crippen LogP contribution in [0.4, 0.5) is 0 Å². The van der Waals surface area contributed by atoms with E-state index >= 15 is 0 Å². The minimum Gasteiger partial charge on any atom is -0.339 e. The van der Waals surface area contributed by atoms with Gasteiger partial charge in [0.15, 0.2) is 0 Å². The van der Waals surface area contributed by atoms with Crippen molar-refractivity contribution >= 4 is 0 Å². The lowest BCUT2D eigenvalue weighted by atomic mass is 10.1. The first-order valence-corrected chi connectivity index (χ1v) is 7.17. The number of hydrogen-bond acceptors (Lipinski definition) is 5. The van der Waals surface area contributed by atoms with Gasteiger partial charge in [0.25, 0.3) is 0 Å². The smallest absolute Gasteiger partial charge is 0.227 e. The Labute approximate surface area is 119 Å². The molecule has 0 aliphatic carbocycles. The zero-order chi connectivity index (χ0) is 14.4. The molecule has 0 aliphatic rings. The predicted molar refractivity (Wildman–Crippen MR) is 78.3 cm³/mol. The largest absolute Gasteiger partial charge is 0.339 e. The molecule has 0 spiro atoms. The van der Waals surface area contributed by atoms with Crippen LogP contribution in [0.3, 0.4) is 0 Å². The van der Waals surface area contributed by atoms with Crippen molar-refractivity contribution in [2.24, 2.45) is 0 Å². The third-order valence-electron chi connectivity index (χ3n) is 3.28. The lowest BCUT2D eigenvalue weighted by molar-refractivity contribution is 0.367. The number of nitrogens with zero attached hydrogens (tertiary/aromatic N) is 3. The van der Waals surface area contributed by atoms with Gasteiger partial charge in [-0.1, -0.05) is 12.1 Å². The van der Waals surface area contributed by atoms with E-state index in [1.54, 1.807) is 12.4 Å². The highest BCUT2D eigenvalue weighted by molar-refractivity contribution is 5.57. The van der Waals surface area contributed by atoms with Crippen LogP contribution in [0, 0.1) is 6.92 Å². The summed E-state index contributed by atoms with van der Waals surface area (Å²) in [5.74, 6) is 1.31. The van der Waals surface area contributed by atoms with Gasteiger partial charge < -0.3 is 9.84 Å². The summed E-state index contributed by atoms with van der Waals surface area (Å²) in [6.07, 6.45) is 6.48. The molecule has 5 nitrogen and oxygen atoms in total. The Morgan fingerprint density at radius 2 is 2.25 bits per heavy atom. The Balaban J connectivity index is 1.94. The van der Waals surface area contributed by atoms with Crippen LogP contribution in [-0.4, -0.2) is 27.7 Å². The van der Waals surface area contributed by atoms with Crippen LogP contribution in [0.2, 0.25) is 0 Å². The minimum absolute atomic E-state index is 0.463. The second kappa shape index (κ2) is 7.14. The quantitative estimate of drug-likeness (QED) is 0.841. The van der Waals surface area contributed by atoms with Gasteiger partial charge in [0.2, 0.25) is 11.7 Å².